The van der Waals surface area contributed by atoms with Crippen molar-refractivity contribution in [3.05, 3.63) is 11.8 Å². The Morgan fingerprint density at radius 1 is 1.75 bits per heavy atom. The fourth-order valence-electron chi connectivity index (χ4n) is 0.408. The number of rotatable bonds is 2. The van der Waals surface area contributed by atoms with Gasteiger partial charge in [0.15, 0.2) is 0 Å². The monoisotopic (exact) mass is 116 g/mol. The number of aliphatic hydroxyl groups is 1. The van der Waals surface area contributed by atoms with Gasteiger partial charge in [0.1, 0.15) is 0 Å². The van der Waals surface area contributed by atoms with Crippen molar-refractivity contribution in [2.75, 3.05) is 7.11 Å². The zero-order valence-corrected chi connectivity index (χ0v) is 5.51. The lowest BCUT2D eigenvalue weighted by atomic mass is 10.3. The van der Waals surface area contributed by atoms with Crippen LogP contribution in [0.5, 0.6) is 0 Å². The van der Waals surface area contributed by atoms with E-state index in [1.54, 1.807) is 27.0 Å². The molecule has 0 aliphatic heterocycles. The first kappa shape index (κ1) is 7.50. The Hall–Kier alpha value is -0.500. The quantitative estimate of drug-likeness (QED) is 0.543. The van der Waals surface area contributed by atoms with Gasteiger partial charge in [-0.2, -0.15) is 0 Å². The molecule has 0 saturated heterocycles. The van der Waals surface area contributed by atoms with E-state index in [2.05, 4.69) is 0 Å². The van der Waals surface area contributed by atoms with Crippen molar-refractivity contribution < 1.29 is 9.84 Å². The molecule has 8 heavy (non-hydrogen) atoms. The average Bonchev–Trinajstić information content (AvgIpc) is 1.65. The predicted molar refractivity (Wildman–Crippen MR) is 32.4 cm³/mol. The minimum Gasteiger partial charge on any atom is -0.502 e. The van der Waals surface area contributed by atoms with Crippen LogP contribution in [0.25, 0.3) is 0 Å². The molecule has 0 amide bonds. The van der Waals surface area contributed by atoms with Gasteiger partial charge in [0.05, 0.1) is 19.0 Å². The van der Waals surface area contributed by atoms with E-state index in [9.17, 15) is 0 Å². The van der Waals surface area contributed by atoms with Crippen molar-refractivity contribution in [1.82, 2.24) is 0 Å². The van der Waals surface area contributed by atoms with Gasteiger partial charge in [0.2, 0.25) is 0 Å². The zero-order chi connectivity index (χ0) is 6.57. The van der Waals surface area contributed by atoms with Gasteiger partial charge in [-0.3, -0.25) is 0 Å². The average molecular weight is 116 g/mol. The summed E-state index contributed by atoms with van der Waals surface area (Å²) in [5, 5.41) is 8.70. The topological polar surface area (TPSA) is 29.5 Å². The smallest absolute Gasteiger partial charge is 0.0910 e. The first-order valence-electron chi connectivity index (χ1n) is 2.57. The van der Waals surface area contributed by atoms with Gasteiger partial charge in [-0.15, -0.1) is 0 Å². The van der Waals surface area contributed by atoms with Crippen molar-refractivity contribution in [2.24, 2.45) is 0 Å². The molecule has 0 rings (SSSR count). The van der Waals surface area contributed by atoms with Crippen LogP contribution in [-0.2, 0) is 4.74 Å². The third-order valence-electron chi connectivity index (χ3n) is 0.798. The molecular weight excluding hydrogens is 104 g/mol. The Balaban J connectivity index is 3.56. The SMILES string of the molecule is CO/C(C)=C/C(C)O. The molecule has 1 unspecified atom stereocenters. The molecule has 0 heterocycles. The molecule has 0 aromatic rings. The molecule has 2 nitrogen and oxygen atoms in total. The Morgan fingerprint density at radius 3 is 2.38 bits per heavy atom. The summed E-state index contributed by atoms with van der Waals surface area (Å²) in [7, 11) is 1.58. The summed E-state index contributed by atoms with van der Waals surface area (Å²) in [5.74, 6) is 0.750. The highest BCUT2D eigenvalue weighted by molar-refractivity contribution is 4.91. The Kier molecular flexibility index (Phi) is 3.28. The number of methoxy groups -OCH3 is 1. The number of ether oxygens (including phenoxy) is 1. The maximum absolute atomic E-state index is 8.70. The van der Waals surface area contributed by atoms with Crippen LogP contribution in [0.4, 0.5) is 0 Å². The van der Waals surface area contributed by atoms with Crippen LogP contribution < -0.4 is 0 Å². The lowest BCUT2D eigenvalue weighted by Crippen LogP contribution is -1.95. The minimum absolute atomic E-state index is 0.407. The van der Waals surface area contributed by atoms with Crippen LogP contribution in [0.15, 0.2) is 11.8 Å². The molecule has 0 radical (unpaired) electrons. The lowest BCUT2D eigenvalue weighted by Gasteiger charge is -1.98. The van der Waals surface area contributed by atoms with Crippen LogP contribution in [0.3, 0.4) is 0 Å². The van der Waals surface area contributed by atoms with E-state index in [1.165, 1.54) is 0 Å². The fourth-order valence-corrected chi connectivity index (χ4v) is 0.408. The van der Waals surface area contributed by atoms with E-state index in [-0.39, 0.29) is 0 Å². The van der Waals surface area contributed by atoms with Gasteiger partial charge in [-0.05, 0) is 19.9 Å². The third-order valence-corrected chi connectivity index (χ3v) is 0.798. The van der Waals surface area contributed by atoms with Gasteiger partial charge in [-0.25, -0.2) is 0 Å². The molecule has 0 spiro atoms. The molecular formula is C6H12O2. The molecule has 0 aromatic carbocycles. The highest BCUT2D eigenvalue weighted by Gasteiger charge is 1.88. The van der Waals surface area contributed by atoms with Gasteiger partial charge in [0.25, 0.3) is 0 Å². The Morgan fingerprint density at radius 2 is 2.25 bits per heavy atom. The van der Waals surface area contributed by atoms with Crippen LogP contribution in [0.1, 0.15) is 13.8 Å². The summed E-state index contributed by atoms with van der Waals surface area (Å²) in [4.78, 5) is 0. The molecule has 0 bridgehead atoms. The summed E-state index contributed by atoms with van der Waals surface area (Å²) >= 11 is 0. The molecule has 0 fully saturated rings. The van der Waals surface area contributed by atoms with E-state index < -0.39 is 6.10 Å². The summed E-state index contributed by atoms with van der Waals surface area (Å²) in [5.41, 5.74) is 0. The number of allylic oxidation sites excluding steroid dienone is 1. The highest BCUT2D eigenvalue weighted by Crippen LogP contribution is 1.93. The second-order valence-corrected chi connectivity index (χ2v) is 1.72. The molecule has 0 saturated carbocycles. The largest absolute Gasteiger partial charge is 0.502 e. The second-order valence-electron chi connectivity index (χ2n) is 1.72. The first-order valence-corrected chi connectivity index (χ1v) is 2.57. The van der Waals surface area contributed by atoms with Crippen LogP contribution >= 0.6 is 0 Å². The lowest BCUT2D eigenvalue weighted by molar-refractivity contribution is 0.227. The summed E-state index contributed by atoms with van der Waals surface area (Å²) in [6, 6.07) is 0. The Bertz CT molecular complexity index is 84.5. The molecule has 0 aliphatic carbocycles. The molecule has 0 aromatic heterocycles. The summed E-state index contributed by atoms with van der Waals surface area (Å²) in [6.07, 6.45) is 1.23. The number of aliphatic hydroxyl groups excluding tert-OH is 1. The van der Waals surface area contributed by atoms with Gasteiger partial charge >= 0.3 is 0 Å². The normalized spacial score (nSPS) is 15.8. The molecule has 2 heteroatoms. The third kappa shape index (κ3) is 3.68. The summed E-state index contributed by atoms with van der Waals surface area (Å²) in [6.45, 7) is 3.48. The van der Waals surface area contributed by atoms with E-state index in [4.69, 9.17) is 9.84 Å². The first-order chi connectivity index (χ1) is 3.66. The van der Waals surface area contributed by atoms with Crippen molar-refractivity contribution >= 4 is 0 Å². The van der Waals surface area contributed by atoms with E-state index >= 15 is 0 Å². The standard InChI is InChI=1S/C6H12O2/c1-5(7)4-6(2)8-3/h4-5,7H,1-3H3/b6-4+. The highest BCUT2D eigenvalue weighted by atomic mass is 16.5. The molecule has 0 aliphatic rings. The van der Waals surface area contributed by atoms with Crippen molar-refractivity contribution in [3.63, 3.8) is 0 Å². The number of hydrogen-bond donors (Lipinski definition) is 1. The van der Waals surface area contributed by atoms with E-state index in [0.29, 0.717) is 0 Å². The van der Waals surface area contributed by atoms with Gasteiger partial charge < -0.3 is 9.84 Å². The number of hydrogen-bond acceptors (Lipinski definition) is 2. The second kappa shape index (κ2) is 3.50. The van der Waals surface area contributed by atoms with Crippen LogP contribution in [0.2, 0.25) is 0 Å². The predicted octanol–water partition coefficient (Wildman–Crippen LogP) is 0.917. The van der Waals surface area contributed by atoms with E-state index in [1.807, 2.05) is 0 Å². The fraction of sp³-hybridized carbons (Fsp3) is 0.667. The van der Waals surface area contributed by atoms with Crippen molar-refractivity contribution in [3.8, 4) is 0 Å². The Labute approximate surface area is 49.8 Å². The molecule has 48 valence electrons. The van der Waals surface area contributed by atoms with Gasteiger partial charge in [-0.1, -0.05) is 0 Å². The van der Waals surface area contributed by atoms with Crippen LogP contribution in [-0.4, -0.2) is 18.3 Å². The maximum Gasteiger partial charge on any atom is 0.0910 e. The molecule has 1 N–H and O–H groups in total. The van der Waals surface area contributed by atoms with Gasteiger partial charge in [0, 0.05) is 0 Å². The van der Waals surface area contributed by atoms with E-state index in [0.717, 1.165) is 5.76 Å². The van der Waals surface area contributed by atoms with Crippen molar-refractivity contribution in [2.45, 2.75) is 20.0 Å². The minimum atomic E-state index is -0.407. The summed E-state index contributed by atoms with van der Waals surface area (Å²) < 4.78 is 4.76. The van der Waals surface area contributed by atoms with Crippen LogP contribution in [0, 0.1) is 0 Å². The molecule has 1 atom stereocenters. The van der Waals surface area contributed by atoms with Crippen molar-refractivity contribution in [1.29, 1.82) is 0 Å². The maximum atomic E-state index is 8.70. The zero-order valence-electron chi connectivity index (χ0n) is 5.51.